The van der Waals surface area contributed by atoms with E-state index in [1.165, 1.54) is 6.21 Å². The van der Waals surface area contributed by atoms with Crippen LogP contribution < -0.4 is 14.9 Å². The van der Waals surface area contributed by atoms with Crippen LogP contribution in [0.1, 0.15) is 11.1 Å². The van der Waals surface area contributed by atoms with Crippen LogP contribution in [0.15, 0.2) is 76.3 Å². The molecule has 0 aliphatic carbocycles. The summed E-state index contributed by atoms with van der Waals surface area (Å²) in [6.07, 6.45) is 1.54. The third kappa shape index (κ3) is 7.06. The van der Waals surface area contributed by atoms with Gasteiger partial charge in [-0.15, -0.1) is 0 Å². The highest BCUT2D eigenvalue weighted by Crippen LogP contribution is 2.26. The van der Waals surface area contributed by atoms with Gasteiger partial charge < -0.3 is 9.47 Å². The molecule has 5 nitrogen and oxygen atoms in total. The van der Waals surface area contributed by atoms with Crippen molar-refractivity contribution < 1.29 is 14.3 Å². The van der Waals surface area contributed by atoms with Crippen molar-refractivity contribution in [1.82, 2.24) is 5.43 Å². The van der Waals surface area contributed by atoms with E-state index < -0.39 is 0 Å². The standard InChI is InChI=1S/C22H17BrCl2N2O3/c23-20-11-16(3-10-21(20)30-13-15-1-4-17(24)5-2-15)12-26-27-22(28)14-29-19-8-6-18(25)7-9-19/h1-12H,13-14H2,(H,27,28)/b26-12-. The van der Waals surface area contributed by atoms with Gasteiger partial charge in [0.25, 0.3) is 5.91 Å². The molecular weight excluding hydrogens is 491 g/mol. The Kier molecular flexibility index (Phi) is 8.13. The molecule has 0 unspecified atom stereocenters. The molecule has 0 fully saturated rings. The molecule has 0 heterocycles. The van der Waals surface area contributed by atoms with E-state index in [0.29, 0.717) is 28.2 Å². The zero-order valence-electron chi connectivity index (χ0n) is 15.6. The van der Waals surface area contributed by atoms with Gasteiger partial charge in [-0.3, -0.25) is 4.79 Å². The Labute approximate surface area is 192 Å². The predicted molar refractivity (Wildman–Crippen MR) is 123 cm³/mol. The van der Waals surface area contributed by atoms with Gasteiger partial charge in [0.15, 0.2) is 6.61 Å². The molecule has 8 heteroatoms. The van der Waals surface area contributed by atoms with Crippen LogP contribution in [0.2, 0.25) is 10.0 Å². The number of rotatable bonds is 8. The number of nitrogens with zero attached hydrogens (tertiary/aromatic N) is 1. The zero-order chi connectivity index (χ0) is 21.3. The Morgan fingerprint density at radius 1 is 0.967 bits per heavy atom. The largest absolute Gasteiger partial charge is 0.488 e. The lowest BCUT2D eigenvalue weighted by Gasteiger charge is -2.09. The summed E-state index contributed by atoms with van der Waals surface area (Å²) in [4.78, 5) is 11.8. The lowest BCUT2D eigenvalue weighted by atomic mass is 10.2. The molecular formula is C22H17BrCl2N2O3. The first-order valence-electron chi connectivity index (χ1n) is 8.87. The molecule has 0 aliphatic rings. The van der Waals surface area contributed by atoms with Crippen molar-refractivity contribution in [2.75, 3.05) is 6.61 Å². The molecule has 0 bridgehead atoms. The fourth-order valence-corrected chi connectivity index (χ4v) is 3.11. The van der Waals surface area contributed by atoms with Crippen LogP contribution in [0.3, 0.4) is 0 Å². The molecule has 3 rings (SSSR count). The number of ether oxygens (including phenoxy) is 2. The van der Waals surface area contributed by atoms with Crippen molar-refractivity contribution in [2.45, 2.75) is 6.61 Å². The minimum Gasteiger partial charge on any atom is -0.488 e. The summed E-state index contributed by atoms with van der Waals surface area (Å²) < 4.78 is 11.9. The molecule has 0 saturated heterocycles. The molecule has 154 valence electrons. The highest BCUT2D eigenvalue weighted by atomic mass is 79.9. The number of nitrogens with one attached hydrogen (secondary N) is 1. The van der Waals surface area contributed by atoms with E-state index in [4.69, 9.17) is 32.7 Å². The summed E-state index contributed by atoms with van der Waals surface area (Å²) in [5, 5.41) is 5.23. The first-order chi connectivity index (χ1) is 14.5. The Balaban J connectivity index is 1.47. The van der Waals surface area contributed by atoms with Gasteiger partial charge in [0.2, 0.25) is 0 Å². The molecule has 1 N–H and O–H groups in total. The fraction of sp³-hybridized carbons (Fsp3) is 0.0909. The summed E-state index contributed by atoms with van der Waals surface area (Å²) in [6, 6.07) is 19.7. The average Bonchev–Trinajstić information content (AvgIpc) is 2.74. The minimum atomic E-state index is -0.372. The van der Waals surface area contributed by atoms with Gasteiger partial charge >= 0.3 is 0 Å². The fourth-order valence-electron chi connectivity index (χ4n) is 2.35. The summed E-state index contributed by atoms with van der Waals surface area (Å²) >= 11 is 15.2. The Hall–Kier alpha value is -2.54. The minimum absolute atomic E-state index is 0.153. The van der Waals surface area contributed by atoms with Gasteiger partial charge in [-0.25, -0.2) is 5.43 Å². The van der Waals surface area contributed by atoms with E-state index in [1.54, 1.807) is 24.3 Å². The van der Waals surface area contributed by atoms with E-state index in [2.05, 4.69) is 26.5 Å². The molecule has 3 aromatic rings. The van der Waals surface area contributed by atoms with Crippen molar-refractivity contribution >= 4 is 51.3 Å². The van der Waals surface area contributed by atoms with Gasteiger partial charge in [-0.1, -0.05) is 35.3 Å². The number of hydrogen-bond donors (Lipinski definition) is 1. The Morgan fingerprint density at radius 3 is 2.30 bits per heavy atom. The summed E-state index contributed by atoms with van der Waals surface area (Å²) in [7, 11) is 0. The second-order valence-corrected chi connectivity index (χ2v) is 7.87. The molecule has 3 aromatic carbocycles. The summed E-state index contributed by atoms with van der Waals surface area (Å²) in [6.45, 7) is 0.271. The molecule has 0 spiro atoms. The number of carbonyl (C=O) groups excluding carboxylic acids is 1. The van der Waals surface area contributed by atoms with Gasteiger partial charge in [0.1, 0.15) is 18.1 Å². The summed E-state index contributed by atoms with van der Waals surface area (Å²) in [5.74, 6) is 0.877. The molecule has 30 heavy (non-hydrogen) atoms. The predicted octanol–water partition coefficient (Wildman–Crippen LogP) is 5.86. The van der Waals surface area contributed by atoms with Crippen molar-refractivity contribution in [3.8, 4) is 11.5 Å². The first-order valence-corrected chi connectivity index (χ1v) is 10.4. The lowest BCUT2D eigenvalue weighted by molar-refractivity contribution is -0.123. The van der Waals surface area contributed by atoms with Crippen molar-refractivity contribution in [1.29, 1.82) is 0 Å². The molecule has 0 radical (unpaired) electrons. The van der Waals surface area contributed by atoms with Gasteiger partial charge in [0, 0.05) is 10.0 Å². The average molecular weight is 508 g/mol. The van der Waals surface area contributed by atoms with Crippen molar-refractivity contribution in [3.63, 3.8) is 0 Å². The van der Waals surface area contributed by atoms with E-state index in [1.807, 2.05) is 42.5 Å². The van der Waals surface area contributed by atoms with Crippen LogP contribution in [0.4, 0.5) is 0 Å². The number of amides is 1. The highest BCUT2D eigenvalue weighted by Gasteiger charge is 2.04. The van der Waals surface area contributed by atoms with Gasteiger partial charge in [-0.2, -0.15) is 5.10 Å². The quantitative estimate of drug-likeness (QED) is 0.306. The topological polar surface area (TPSA) is 59.9 Å². The lowest BCUT2D eigenvalue weighted by Crippen LogP contribution is -2.24. The molecule has 1 amide bonds. The number of carbonyl (C=O) groups is 1. The maximum atomic E-state index is 11.8. The van der Waals surface area contributed by atoms with Gasteiger partial charge in [0.05, 0.1) is 10.7 Å². The third-order valence-corrected chi connectivity index (χ3v) is 4.97. The first kappa shape index (κ1) is 22.2. The molecule has 0 aliphatic heterocycles. The van der Waals surface area contributed by atoms with Crippen LogP contribution >= 0.6 is 39.1 Å². The van der Waals surface area contributed by atoms with Crippen LogP contribution in [0, 0.1) is 0 Å². The SMILES string of the molecule is O=C(COc1ccc(Cl)cc1)N/N=C\c1ccc(OCc2ccc(Cl)cc2)c(Br)c1. The van der Waals surface area contributed by atoms with Crippen LogP contribution in [-0.4, -0.2) is 18.7 Å². The normalized spacial score (nSPS) is 10.8. The van der Waals surface area contributed by atoms with Gasteiger partial charge in [-0.05, 0) is 81.7 Å². The smallest absolute Gasteiger partial charge is 0.277 e. The number of halogens is 3. The van der Waals surface area contributed by atoms with E-state index in [-0.39, 0.29) is 12.5 Å². The van der Waals surface area contributed by atoms with Crippen molar-refractivity contribution in [3.05, 3.63) is 92.4 Å². The third-order valence-electron chi connectivity index (χ3n) is 3.85. The number of hydrogen-bond acceptors (Lipinski definition) is 4. The van der Waals surface area contributed by atoms with Crippen LogP contribution in [0.5, 0.6) is 11.5 Å². The highest BCUT2D eigenvalue weighted by molar-refractivity contribution is 9.10. The molecule has 0 saturated carbocycles. The number of benzene rings is 3. The molecule has 0 atom stereocenters. The monoisotopic (exact) mass is 506 g/mol. The van der Waals surface area contributed by atoms with E-state index >= 15 is 0 Å². The van der Waals surface area contributed by atoms with E-state index in [0.717, 1.165) is 15.6 Å². The molecule has 0 aromatic heterocycles. The van der Waals surface area contributed by atoms with Crippen LogP contribution in [-0.2, 0) is 11.4 Å². The second-order valence-electron chi connectivity index (χ2n) is 6.14. The Morgan fingerprint density at radius 2 is 1.63 bits per heavy atom. The second kappa shape index (κ2) is 11.0. The zero-order valence-corrected chi connectivity index (χ0v) is 18.7. The van der Waals surface area contributed by atoms with Crippen molar-refractivity contribution in [2.24, 2.45) is 5.10 Å². The maximum absolute atomic E-state index is 11.8. The van der Waals surface area contributed by atoms with E-state index in [9.17, 15) is 4.79 Å². The Bertz CT molecular complexity index is 1030. The maximum Gasteiger partial charge on any atom is 0.277 e. The number of hydrazone groups is 1. The van der Waals surface area contributed by atoms with Crippen LogP contribution in [0.25, 0.3) is 0 Å². The summed E-state index contributed by atoms with van der Waals surface area (Å²) in [5.41, 5.74) is 4.23.